The van der Waals surface area contributed by atoms with Crippen molar-refractivity contribution in [3.05, 3.63) is 728 Å². The van der Waals surface area contributed by atoms with Gasteiger partial charge in [0.05, 0.1) is 0 Å². The Kier molecular flexibility index (Phi) is 0. The first-order valence-corrected chi connectivity index (χ1v) is 21.2. The Labute approximate surface area is 929 Å². The molecular formula is C130H360. The molecule has 0 saturated heterocycles. The number of hydrogen-bond acceptors (Lipinski definition) is 0. The Bertz CT molecular complexity index is 0. The maximum Gasteiger partial charge on any atom is -0.0564 e. The maximum absolute atomic E-state index is 3.25. The van der Waals surface area contributed by atoms with Gasteiger partial charge < -0.3 is 0 Å². The van der Waals surface area contributed by atoms with E-state index in [4.69, 9.17) is 0 Å². The van der Waals surface area contributed by atoms with Crippen molar-refractivity contribution in [2.24, 2.45) is 0 Å². The zero-order valence-corrected chi connectivity index (χ0v) is 121. The molecule has 0 nitrogen and oxygen atoms in total. The molecule has 0 fully saturated rings. The highest BCUT2D eigenvalue weighted by Gasteiger charge is 1.00. The van der Waals surface area contributed by atoms with Crippen LogP contribution >= 0.6 is 0 Å². The van der Waals surface area contributed by atoms with E-state index < -0.39 is 0 Å². The van der Waals surface area contributed by atoms with Gasteiger partial charge in [-0.15, -0.1) is 0 Å². The van der Waals surface area contributed by atoms with Gasteiger partial charge in [-0.3, -0.25) is 0 Å². The lowest BCUT2D eigenvalue weighted by atomic mass is 11.0. The van der Waals surface area contributed by atoms with Crippen LogP contribution in [0.15, 0.2) is 0 Å². The average molecular weight is 1920 g/mol. The van der Waals surface area contributed by atoms with Crippen molar-refractivity contribution in [1.82, 2.24) is 0 Å². The van der Waals surface area contributed by atoms with Crippen molar-refractivity contribution < 1.29 is 0 Å². The van der Waals surface area contributed by atoms with Crippen LogP contribution in [0, 0.1) is 728 Å². The molecule has 0 amide bonds. The Hall–Kier alpha value is 0. The first-order chi connectivity index (χ1) is 30.0. The molecule has 0 heteroatoms. The molecule has 0 N–H and O–H groups in total. The Morgan fingerprint density at radius 2 is 0.0308 bits per heavy atom. The van der Waals surface area contributed by atoms with Crippen LogP contribution < -0.4 is 0 Å². The van der Waals surface area contributed by atoms with E-state index in [0.717, 1.165) is 0 Å². The third kappa shape index (κ3) is 0. The fourth-order valence-corrected chi connectivity index (χ4v) is 0. The van der Waals surface area contributed by atoms with E-state index in [0.29, 0.717) is 0 Å². The summed E-state index contributed by atoms with van der Waals surface area (Å²) in [5, 5.41) is 0. The lowest BCUT2D eigenvalue weighted by molar-refractivity contribution is 1.81. The summed E-state index contributed by atoms with van der Waals surface area (Å²) in [6.45, 7) is 150. The van der Waals surface area contributed by atoms with E-state index in [9.17, 15) is 0 Å². The fraction of sp³-hybridized carbons (Fsp3) is 0.231. The monoisotopic (exact) mass is 1920 g/mol. The second-order valence-electron chi connectivity index (χ2n) is 0. The second kappa shape index (κ2) is 0. The molecule has 0 aromatic carbocycles. The first-order valence-electron chi connectivity index (χ1n) is 21.2. The lowest BCUT2D eigenvalue weighted by Gasteiger charge is -1.06. The van der Waals surface area contributed by atoms with Crippen molar-refractivity contribution in [3.63, 3.8) is 0 Å². The molecule has 0 aromatic rings. The zero-order valence-electron chi connectivity index (χ0n) is 121. The Morgan fingerprint density at radius 3 is 0.0308 bits per heavy atom. The molecular weight excluding hydrogens is 1560 g/mol. The number of hydrogen-bond donors (Lipinski definition) is 0. The Morgan fingerprint density at radius 1 is 0.0308 bits per heavy atom. The summed E-state index contributed by atoms with van der Waals surface area (Å²) in [6, 6.07) is 0. The predicted molar refractivity (Wildman–Crippen MR) is 780 cm³/mol. The fourth-order valence-electron chi connectivity index (χ4n) is 0. The van der Waals surface area contributed by atoms with E-state index in [1.807, 2.05) is 0 Å². The molecule has 0 heterocycles. The van der Waals surface area contributed by atoms with Gasteiger partial charge in [0.1, 0.15) is 0 Å². The summed E-state index contributed by atoms with van der Waals surface area (Å²) < 4.78 is 0. The molecule has 0 saturated carbocycles. The third-order valence-corrected chi connectivity index (χ3v) is 0. The third-order valence-electron chi connectivity index (χ3n) is 0. The molecule has 0 rings (SSSR count). The molecule has 0 spiro atoms. The molecule has 0 aliphatic carbocycles. The quantitative estimate of drug-likeness (QED) is 0.227. The lowest BCUT2D eigenvalue weighted by Crippen LogP contribution is -0.888. The van der Waals surface area contributed by atoms with Gasteiger partial charge in [-0.2, -0.15) is 0 Å². The molecule has 0 aliphatic heterocycles. The molecule has 0 bridgehead atoms. The summed E-state index contributed by atoms with van der Waals surface area (Å²) in [7, 11) is 0. The van der Waals surface area contributed by atoms with Gasteiger partial charge in [-0.05, 0) is 0 Å². The van der Waals surface area contributed by atoms with E-state index in [1.54, 1.807) is 208 Å². The molecule has 0 aromatic heterocycles. The SMILES string of the molecule is [CH2]C.[CH2]C.[CH2]C.[CH2]C.[CH2]C.[CH2]C.[CH2]C.[CH2]C.[CH2]C.[CH2]C.[CH2]C.[CH2]C.[CH2]C.[CH2]C.[CH2]C.[CH2]C.[CH2]C.[CH2]C.[CH2]C.[CH2]C.[CH2]C.[CH2]C.[CH2]C.[CH2]C.[CH2]C.[CH2]C.[CH2]C.[CH2]C.[CH2]C.[CH2]C.[CH3].[CH3].[CH3].[CH3].[CH3].[CH3].[CH3].[CH3].[CH3].[CH3].[CH3].[CH3].[CH3].[CH3].[CH3].[CH3].[CH3].[CH3].[CH3].[CH3].[CH3].[CH3].[CH3].[CH3].[CH3].[CH3].[CH3].[CH3].[CH3].[CH3].[CH3].[CH3].[CH3].[CH3].[CH3].[CH3].[CH3].[CH3].[CH3].[CH3].[CH3].[CH3].[CH3].[CH3].[CH3].[CH3].[CH3].[CH3].[CH3].[CH3].[CH3].[CH3].[CH3].[CH3].[CH3].[CH3].[CH3].[CH3].[CH3].[CH3].[CH3].[CH3].[CH3].[CH3].[CH3].[CH3].[CH3].[CH3].[CH3].[CH3]. The van der Waals surface area contributed by atoms with Gasteiger partial charge in [0.2, 0.25) is 0 Å². The molecule has 0 unspecified atom stereocenters. The highest BCUT2D eigenvalue weighted by atomic mass is 13.1. The van der Waals surface area contributed by atoms with E-state index in [2.05, 4.69) is 208 Å². The van der Waals surface area contributed by atoms with Crippen LogP contribution in [0.1, 0.15) is 208 Å². The minimum atomic E-state index is 0. The van der Waals surface area contributed by atoms with E-state index in [-0.39, 0.29) is 520 Å². The van der Waals surface area contributed by atoms with Crippen LogP contribution in [-0.4, -0.2) is 0 Å². The smallest absolute Gasteiger partial charge is 0.0564 e. The van der Waals surface area contributed by atoms with Crippen molar-refractivity contribution in [1.29, 1.82) is 0 Å². The minimum Gasteiger partial charge on any atom is -0.0683 e. The van der Waals surface area contributed by atoms with Crippen molar-refractivity contribution >= 4 is 0 Å². The molecule has 0 aliphatic rings. The highest BCUT2D eigenvalue weighted by molar-refractivity contribution is 4.00. The van der Waals surface area contributed by atoms with Gasteiger partial charge in [0.25, 0.3) is 0 Å². The number of rotatable bonds is 0. The van der Waals surface area contributed by atoms with Crippen molar-refractivity contribution in [2.45, 2.75) is 208 Å². The summed E-state index contributed by atoms with van der Waals surface area (Å²) in [4.78, 5) is 0. The van der Waals surface area contributed by atoms with Crippen molar-refractivity contribution in [3.8, 4) is 0 Å². The standard InChI is InChI=1S/30C2H5.70CH3/c30*1-2;;;;;;;;;;;;;;;;;;;;;;;;;;;;;;;;;;;;;;;;;;;;;;;;;;;;;;;;;;;;;;;;;;;;;;/h30*1H2,2H3;70*1H3. The van der Waals surface area contributed by atoms with Gasteiger partial charge >= 0.3 is 0 Å². The molecule has 880 valence electrons. The van der Waals surface area contributed by atoms with Crippen LogP contribution in [0.4, 0.5) is 0 Å². The first kappa shape index (κ1) is 2400. The summed E-state index contributed by atoms with van der Waals surface area (Å²) in [5.74, 6) is 0. The van der Waals surface area contributed by atoms with E-state index in [1.165, 1.54) is 0 Å². The highest BCUT2D eigenvalue weighted by Crippen LogP contribution is 1.18. The van der Waals surface area contributed by atoms with Gasteiger partial charge in [-0.1, -0.05) is 935 Å². The van der Waals surface area contributed by atoms with Crippen LogP contribution in [0.2, 0.25) is 0 Å². The van der Waals surface area contributed by atoms with Gasteiger partial charge in [0.15, 0.2) is 0 Å². The van der Waals surface area contributed by atoms with Gasteiger partial charge in [-0.25, -0.2) is 0 Å². The zero-order chi connectivity index (χ0) is 60.0. The molecule has 100 radical (unpaired) electrons. The second-order valence-corrected chi connectivity index (χ2v) is 0. The normalized spacial score (nSPS) is 1.38. The van der Waals surface area contributed by atoms with Crippen LogP contribution in [-0.2, 0) is 0 Å². The topological polar surface area (TPSA) is 0 Å². The predicted octanol–water partition coefficient (Wildman–Crippen LogP) is 56.7. The van der Waals surface area contributed by atoms with Crippen LogP contribution in [0.25, 0.3) is 0 Å². The van der Waals surface area contributed by atoms with Crippen molar-refractivity contribution in [2.75, 3.05) is 0 Å². The maximum atomic E-state index is 3.25. The van der Waals surface area contributed by atoms with E-state index >= 15 is 0 Å². The molecule has 130 heavy (non-hydrogen) atoms. The average Bonchev–Trinajstić information content (AvgIpc) is 3.50. The van der Waals surface area contributed by atoms with Crippen LogP contribution in [0.3, 0.4) is 0 Å². The summed E-state index contributed by atoms with van der Waals surface area (Å²) in [5.41, 5.74) is 0. The summed E-state index contributed by atoms with van der Waals surface area (Å²) >= 11 is 0. The Balaban J connectivity index is -0.000000000717. The van der Waals surface area contributed by atoms with Gasteiger partial charge in [0, 0.05) is 0 Å². The molecule has 0 atom stereocenters. The summed E-state index contributed by atoms with van der Waals surface area (Å²) in [6.07, 6.45) is 0. The largest absolute Gasteiger partial charge is 0.0683 e. The van der Waals surface area contributed by atoms with Crippen LogP contribution in [0.5, 0.6) is 0 Å². The minimum absolute atomic E-state index is 0.